The van der Waals surface area contributed by atoms with Gasteiger partial charge in [0, 0.05) is 11.0 Å². The van der Waals surface area contributed by atoms with Crippen LogP contribution in [0.4, 0.5) is 5.00 Å². The standard InChI is InChI=1S/C23H25N3OS2/c1-14(2)17-8-5-16(6-9-17)7-11-21(27)25-23(28)26-22-19(13-24)18-10-4-15(3)12-20(18)29-22/h5-9,11,14-15H,4,10,12H2,1-3H3,(H2,25,26,27,28)/b11-7+. The molecule has 4 nitrogen and oxygen atoms in total. The third-order valence-electron chi connectivity index (χ3n) is 5.12. The predicted octanol–water partition coefficient (Wildman–Crippen LogP) is 5.39. The summed E-state index contributed by atoms with van der Waals surface area (Å²) in [6, 6.07) is 10.4. The van der Waals surface area contributed by atoms with Crippen molar-refractivity contribution in [2.45, 2.75) is 46.0 Å². The first-order valence-corrected chi connectivity index (χ1v) is 11.0. The number of nitrogens with one attached hydrogen (secondary N) is 2. The minimum atomic E-state index is -0.302. The number of hydrogen-bond acceptors (Lipinski definition) is 4. The van der Waals surface area contributed by atoms with E-state index in [1.807, 2.05) is 12.1 Å². The van der Waals surface area contributed by atoms with Gasteiger partial charge in [0.1, 0.15) is 11.1 Å². The highest BCUT2D eigenvalue weighted by molar-refractivity contribution is 7.80. The first kappa shape index (κ1) is 21.2. The summed E-state index contributed by atoms with van der Waals surface area (Å²) in [4.78, 5) is 13.4. The molecule has 1 atom stereocenters. The topological polar surface area (TPSA) is 64.9 Å². The third-order valence-corrected chi connectivity index (χ3v) is 6.49. The second-order valence-corrected chi connectivity index (χ2v) is 9.28. The molecule has 0 aliphatic heterocycles. The number of nitriles is 1. The Labute approximate surface area is 181 Å². The van der Waals surface area contributed by atoms with Crippen molar-refractivity contribution in [1.82, 2.24) is 5.32 Å². The maximum Gasteiger partial charge on any atom is 0.250 e. The molecule has 0 fully saturated rings. The minimum Gasteiger partial charge on any atom is -0.323 e. The molecule has 3 rings (SSSR count). The SMILES string of the molecule is CC1CCc2c(sc(NC(=S)NC(=O)/C=C/c3ccc(C(C)C)cc3)c2C#N)C1. The highest BCUT2D eigenvalue weighted by Crippen LogP contribution is 2.39. The Kier molecular flexibility index (Phi) is 6.83. The summed E-state index contributed by atoms with van der Waals surface area (Å²) in [7, 11) is 0. The Hall–Kier alpha value is -2.49. The Morgan fingerprint density at radius 1 is 1.34 bits per heavy atom. The molecule has 0 bridgehead atoms. The van der Waals surface area contributed by atoms with E-state index in [0.717, 1.165) is 35.4 Å². The lowest BCUT2D eigenvalue weighted by Gasteiger charge is -2.17. The lowest BCUT2D eigenvalue weighted by atomic mass is 9.89. The fraction of sp³-hybridized carbons (Fsp3) is 0.348. The van der Waals surface area contributed by atoms with Gasteiger partial charge in [-0.3, -0.25) is 10.1 Å². The highest BCUT2D eigenvalue weighted by Gasteiger charge is 2.24. The van der Waals surface area contributed by atoms with Gasteiger partial charge in [-0.25, -0.2) is 0 Å². The summed E-state index contributed by atoms with van der Waals surface area (Å²) < 4.78 is 0. The van der Waals surface area contributed by atoms with E-state index >= 15 is 0 Å². The number of thiocarbonyl (C=S) groups is 1. The van der Waals surface area contributed by atoms with E-state index in [1.54, 1.807) is 17.4 Å². The van der Waals surface area contributed by atoms with Crippen LogP contribution < -0.4 is 10.6 Å². The summed E-state index contributed by atoms with van der Waals surface area (Å²) in [5.74, 6) is 0.806. The lowest BCUT2D eigenvalue weighted by molar-refractivity contribution is -0.115. The fourth-order valence-electron chi connectivity index (χ4n) is 3.41. The number of fused-ring (bicyclic) bond motifs is 1. The van der Waals surface area contributed by atoms with Gasteiger partial charge in [0.15, 0.2) is 5.11 Å². The molecule has 6 heteroatoms. The maximum atomic E-state index is 12.2. The van der Waals surface area contributed by atoms with Crippen molar-refractivity contribution >= 4 is 45.7 Å². The second-order valence-electron chi connectivity index (χ2n) is 7.77. The largest absolute Gasteiger partial charge is 0.323 e. The van der Waals surface area contributed by atoms with Gasteiger partial charge in [-0.05, 0) is 66.1 Å². The Bertz CT molecular complexity index is 981. The van der Waals surface area contributed by atoms with Crippen LogP contribution in [-0.4, -0.2) is 11.0 Å². The summed E-state index contributed by atoms with van der Waals surface area (Å²) in [5.41, 5.74) is 4.01. The van der Waals surface area contributed by atoms with E-state index < -0.39 is 0 Å². The molecule has 1 unspecified atom stereocenters. The molecule has 1 aromatic carbocycles. The number of benzene rings is 1. The summed E-state index contributed by atoms with van der Waals surface area (Å²) in [6.45, 7) is 6.53. The van der Waals surface area contributed by atoms with Crippen molar-refractivity contribution in [3.05, 3.63) is 57.5 Å². The van der Waals surface area contributed by atoms with Crippen LogP contribution in [0.1, 0.15) is 60.2 Å². The van der Waals surface area contributed by atoms with E-state index in [9.17, 15) is 10.1 Å². The molecule has 1 amide bonds. The van der Waals surface area contributed by atoms with Gasteiger partial charge in [-0.15, -0.1) is 11.3 Å². The number of carbonyl (C=O) groups is 1. The first-order chi connectivity index (χ1) is 13.9. The van der Waals surface area contributed by atoms with Crippen LogP contribution in [0.2, 0.25) is 0 Å². The van der Waals surface area contributed by atoms with Crippen molar-refractivity contribution in [2.75, 3.05) is 5.32 Å². The van der Waals surface area contributed by atoms with Crippen LogP contribution in [0.25, 0.3) is 6.08 Å². The van der Waals surface area contributed by atoms with Crippen LogP contribution in [-0.2, 0) is 17.6 Å². The zero-order valence-corrected chi connectivity index (χ0v) is 18.5. The van der Waals surface area contributed by atoms with E-state index in [1.165, 1.54) is 16.5 Å². The molecule has 0 spiro atoms. The van der Waals surface area contributed by atoms with E-state index in [2.05, 4.69) is 49.6 Å². The number of nitrogens with zero attached hydrogens (tertiary/aromatic N) is 1. The van der Waals surface area contributed by atoms with Crippen molar-refractivity contribution in [1.29, 1.82) is 5.26 Å². The van der Waals surface area contributed by atoms with Crippen LogP contribution in [0, 0.1) is 17.2 Å². The number of rotatable bonds is 4. The average Bonchev–Trinajstić information content (AvgIpc) is 3.02. The molecule has 2 aromatic rings. The molecular weight excluding hydrogens is 398 g/mol. The molecule has 1 aromatic heterocycles. The highest BCUT2D eigenvalue weighted by atomic mass is 32.1. The number of amides is 1. The van der Waals surface area contributed by atoms with Gasteiger partial charge in [0.2, 0.25) is 5.91 Å². The molecule has 1 aliphatic carbocycles. The van der Waals surface area contributed by atoms with Gasteiger partial charge in [-0.2, -0.15) is 5.26 Å². The second kappa shape index (κ2) is 9.34. The van der Waals surface area contributed by atoms with Crippen LogP contribution in [0.5, 0.6) is 0 Å². The number of hydrogen-bond donors (Lipinski definition) is 2. The molecule has 29 heavy (non-hydrogen) atoms. The van der Waals surface area contributed by atoms with Gasteiger partial charge in [0.25, 0.3) is 0 Å². The van der Waals surface area contributed by atoms with Crippen molar-refractivity contribution < 1.29 is 4.79 Å². The number of anilines is 1. The van der Waals surface area contributed by atoms with Crippen LogP contribution >= 0.6 is 23.6 Å². The van der Waals surface area contributed by atoms with Gasteiger partial charge in [0.05, 0.1) is 5.56 Å². The molecule has 0 saturated carbocycles. The molecule has 1 aliphatic rings. The van der Waals surface area contributed by atoms with E-state index in [4.69, 9.17) is 12.2 Å². The smallest absolute Gasteiger partial charge is 0.250 e. The van der Waals surface area contributed by atoms with E-state index in [-0.39, 0.29) is 11.0 Å². The minimum absolute atomic E-state index is 0.206. The zero-order valence-electron chi connectivity index (χ0n) is 16.9. The number of thiophene rings is 1. The molecule has 1 heterocycles. The van der Waals surface area contributed by atoms with Crippen molar-refractivity contribution in [3.8, 4) is 6.07 Å². The quantitative estimate of drug-likeness (QED) is 0.511. The number of carbonyl (C=O) groups excluding carboxylic acids is 1. The van der Waals surface area contributed by atoms with Crippen LogP contribution in [0.3, 0.4) is 0 Å². The summed E-state index contributed by atoms with van der Waals surface area (Å²) in [6.07, 6.45) is 6.24. The average molecular weight is 424 g/mol. The molecule has 0 radical (unpaired) electrons. The van der Waals surface area contributed by atoms with Crippen LogP contribution in [0.15, 0.2) is 30.3 Å². The van der Waals surface area contributed by atoms with Gasteiger partial charge < -0.3 is 5.32 Å². The Balaban J connectivity index is 1.61. The lowest BCUT2D eigenvalue weighted by Crippen LogP contribution is -2.32. The van der Waals surface area contributed by atoms with Crippen molar-refractivity contribution in [2.24, 2.45) is 5.92 Å². The summed E-state index contributed by atoms with van der Waals surface area (Å²) in [5, 5.41) is 16.2. The normalized spacial score (nSPS) is 15.8. The third kappa shape index (κ3) is 5.31. The maximum absolute atomic E-state index is 12.2. The molecule has 150 valence electrons. The Morgan fingerprint density at radius 2 is 2.07 bits per heavy atom. The molecule has 0 saturated heterocycles. The van der Waals surface area contributed by atoms with Crippen molar-refractivity contribution in [3.63, 3.8) is 0 Å². The monoisotopic (exact) mass is 423 g/mol. The predicted molar refractivity (Wildman–Crippen MR) is 124 cm³/mol. The summed E-state index contributed by atoms with van der Waals surface area (Å²) >= 11 is 6.85. The Morgan fingerprint density at radius 3 is 2.72 bits per heavy atom. The van der Waals surface area contributed by atoms with E-state index in [0.29, 0.717) is 17.4 Å². The van der Waals surface area contributed by atoms with Gasteiger partial charge >= 0.3 is 0 Å². The molecule has 2 N–H and O–H groups in total. The fourth-order valence-corrected chi connectivity index (χ4v) is 5.04. The van der Waals surface area contributed by atoms with Gasteiger partial charge in [-0.1, -0.05) is 45.0 Å². The zero-order chi connectivity index (χ0) is 21.0. The first-order valence-electron chi connectivity index (χ1n) is 9.82. The molecular formula is C23H25N3OS2.